The van der Waals surface area contributed by atoms with Crippen LogP contribution in [0.1, 0.15) is 29.9 Å². The van der Waals surface area contributed by atoms with Crippen molar-refractivity contribution in [2.24, 2.45) is 5.92 Å². The molecule has 1 aliphatic rings. The van der Waals surface area contributed by atoms with Gasteiger partial charge in [-0.3, -0.25) is 4.90 Å². The monoisotopic (exact) mass is 358 g/mol. The van der Waals surface area contributed by atoms with Gasteiger partial charge in [-0.2, -0.15) is 0 Å². The summed E-state index contributed by atoms with van der Waals surface area (Å²) in [5, 5.41) is 0. The van der Waals surface area contributed by atoms with Crippen LogP contribution in [0.4, 0.5) is 0 Å². The molecule has 0 bridgehead atoms. The van der Waals surface area contributed by atoms with E-state index in [2.05, 4.69) is 59.5 Å². The molecule has 1 aromatic heterocycles. The largest absolute Gasteiger partial charge is 0.465 e. The second kappa shape index (κ2) is 8.93. The second-order valence-electron chi connectivity index (χ2n) is 7.28. The highest BCUT2D eigenvalue weighted by Crippen LogP contribution is 2.22. The predicted octanol–water partition coefficient (Wildman–Crippen LogP) is 4.65. The van der Waals surface area contributed by atoms with Crippen molar-refractivity contribution in [3.8, 4) is 0 Å². The van der Waals surface area contributed by atoms with Gasteiger partial charge < -0.3 is 9.32 Å². The fourth-order valence-electron chi connectivity index (χ4n) is 3.71. The minimum atomic E-state index is 0.809. The molecular weight excluding hydrogens is 328 g/mol. The molecule has 4 heteroatoms. The van der Waals surface area contributed by atoms with E-state index in [0.29, 0.717) is 0 Å². The molecule has 3 rings (SSSR count). The van der Waals surface area contributed by atoms with Gasteiger partial charge >= 0.3 is 0 Å². The lowest BCUT2D eigenvalue weighted by molar-refractivity contribution is 0.140. The van der Waals surface area contributed by atoms with Crippen molar-refractivity contribution in [1.29, 1.82) is 0 Å². The molecule has 0 spiro atoms. The average molecular weight is 359 g/mol. The summed E-state index contributed by atoms with van der Waals surface area (Å²) in [4.78, 5) is 6.36. The van der Waals surface area contributed by atoms with Gasteiger partial charge in [-0.05, 0) is 81.9 Å². The summed E-state index contributed by atoms with van der Waals surface area (Å²) in [6.07, 6.45) is 4.71. The van der Waals surface area contributed by atoms with Crippen LogP contribution in [-0.2, 0) is 13.1 Å². The number of nitrogens with zero attached hydrogens (tertiary/aromatic N) is 2. The minimum absolute atomic E-state index is 0.809. The van der Waals surface area contributed by atoms with Gasteiger partial charge in [0.2, 0.25) is 0 Å². The Morgan fingerprint density at radius 1 is 1.20 bits per heavy atom. The highest BCUT2D eigenvalue weighted by atomic mass is 32.2. The number of piperidine rings is 1. The third kappa shape index (κ3) is 5.63. The lowest BCUT2D eigenvalue weighted by Gasteiger charge is -2.33. The van der Waals surface area contributed by atoms with Crippen molar-refractivity contribution in [3.63, 3.8) is 0 Å². The molecule has 2 aromatic rings. The summed E-state index contributed by atoms with van der Waals surface area (Å²) in [5.74, 6) is 2.92. The topological polar surface area (TPSA) is 19.6 Å². The minimum Gasteiger partial charge on any atom is -0.465 e. The maximum Gasteiger partial charge on any atom is 0.118 e. The van der Waals surface area contributed by atoms with E-state index in [1.807, 2.05) is 18.7 Å². The number of benzene rings is 1. The fourth-order valence-corrected chi connectivity index (χ4v) is 4.19. The van der Waals surface area contributed by atoms with E-state index in [-0.39, 0.29) is 0 Å². The molecule has 0 atom stereocenters. The van der Waals surface area contributed by atoms with Crippen LogP contribution in [-0.4, -0.2) is 42.7 Å². The highest BCUT2D eigenvalue weighted by Gasteiger charge is 2.21. The van der Waals surface area contributed by atoms with Gasteiger partial charge in [0.05, 0.1) is 6.54 Å². The second-order valence-corrected chi connectivity index (χ2v) is 8.16. The first-order chi connectivity index (χ1) is 12.1. The van der Waals surface area contributed by atoms with Crippen LogP contribution in [0, 0.1) is 12.8 Å². The Balaban J connectivity index is 1.42. The van der Waals surface area contributed by atoms with Gasteiger partial charge in [0.25, 0.3) is 0 Å². The van der Waals surface area contributed by atoms with Crippen LogP contribution in [0.25, 0.3) is 0 Å². The van der Waals surface area contributed by atoms with E-state index in [4.69, 9.17) is 4.42 Å². The van der Waals surface area contributed by atoms with Crippen LogP contribution in [0.2, 0.25) is 0 Å². The van der Waals surface area contributed by atoms with E-state index in [9.17, 15) is 0 Å². The molecule has 2 heterocycles. The highest BCUT2D eigenvalue weighted by molar-refractivity contribution is 7.98. The molecule has 0 unspecified atom stereocenters. The van der Waals surface area contributed by atoms with Gasteiger partial charge in [-0.1, -0.05) is 12.1 Å². The van der Waals surface area contributed by atoms with E-state index in [0.717, 1.165) is 30.5 Å². The molecule has 136 valence electrons. The number of furan rings is 1. The molecule has 0 radical (unpaired) electrons. The summed E-state index contributed by atoms with van der Waals surface area (Å²) >= 11 is 1.82. The van der Waals surface area contributed by atoms with Crippen molar-refractivity contribution < 1.29 is 4.42 Å². The van der Waals surface area contributed by atoms with E-state index < -0.39 is 0 Å². The van der Waals surface area contributed by atoms with Gasteiger partial charge in [-0.25, -0.2) is 0 Å². The zero-order valence-corrected chi connectivity index (χ0v) is 16.5. The number of thioether (sulfide) groups is 1. The van der Waals surface area contributed by atoms with Crippen LogP contribution in [0.5, 0.6) is 0 Å². The molecule has 1 fully saturated rings. The van der Waals surface area contributed by atoms with Crippen molar-refractivity contribution in [2.75, 3.05) is 32.9 Å². The molecule has 0 amide bonds. The first-order valence-corrected chi connectivity index (χ1v) is 10.4. The Labute approximate surface area is 156 Å². The van der Waals surface area contributed by atoms with Crippen molar-refractivity contribution in [1.82, 2.24) is 9.80 Å². The summed E-state index contributed by atoms with van der Waals surface area (Å²) in [5.41, 5.74) is 1.42. The lowest BCUT2D eigenvalue weighted by atomic mass is 9.96. The normalized spacial score (nSPS) is 16.6. The van der Waals surface area contributed by atoms with Crippen molar-refractivity contribution in [2.45, 2.75) is 37.8 Å². The predicted molar refractivity (Wildman–Crippen MR) is 106 cm³/mol. The number of likely N-dealkylation sites (tertiary alicyclic amines) is 1. The van der Waals surface area contributed by atoms with E-state index in [1.54, 1.807) is 0 Å². The maximum atomic E-state index is 5.71. The molecular formula is C21H30N2OS. The Morgan fingerprint density at radius 3 is 2.68 bits per heavy atom. The Morgan fingerprint density at radius 2 is 2.00 bits per heavy atom. The Kier molecular flexibility index (Phi) is 6.63. The molecule has 1 aliphatic heterocycles. The number of hydrogen-bond donors (Lipinski definition) is 0. The summed E-state index contributed by atoms with van der Waals surface area (Å²) in [6, 6.07) is 13.1. The average Bonchev–Trinajstić information content (AvgIpc) is 3.01. The first kappa shape index (κ1) is 18.6. The van der Waals surface area contributed by atoms with E-state index >= 15 is 0 Å². The third-order valence-electron chi connectivity index (χ3n) is 5.04. The molecule has 0 N–H and O–H groups in total. The molecule has 0 aliphatic carbocycles. The maximum absolute atomic E-state index is 5.71. The fraction of sp³-hybridized carbons (Fsp3) is 0.524. The van der Waals surface area contributed by atoms with Crippen molar-refractivity contribution in [3.05, 3.63) is 53.5 Å². The van der Waals surface area contributed by atoms with Gasteiger partial charge in [0.15, 0.2) is 0 Å². The first-order valence-electron chi connectivity index (χ1n) is 9.21. The van der Waals surface area contributed by atoms with Crippen LogP contribution in [0.15, 0.2) is 45.7 Å². The standard InChI is InChI=1S/C21H30N2OS/c1-17-7-8-20(24-17)16-23-11-9-18(10-12-23)14-22(2)15-19-5-4-6-21(13-19)25-3/h4-8,13,18H,9-12,14-16H2,1-3H3. The Hall–Kier alpha value is -1.23. The summed E-state index contributed by atoms with van der Waals surface area (Å²) in [6.45, 7) is 7.57. The molecule has 1 aromatic carbocycles. The zero-order chi connectivity index (χ0) is 17.6. The summed E-state index contributed by atoms with van der Waals surface area (Å²) < 4.78 is 5.71. The van der Waals surface area contributed by atoms with Gasteiger partial charge in [0.1, 0.15) is 11.5 Å². The number of hydrogen-bond acceptors (Lipinski definition) is 4. The SMILES string of the molecule is CSc1cccc(CN(C)CC2CCN(Cc3ccc(C)o3)CC2)c1. The van der Waals surface area contributed by atoms with Gasteiger partial charge in [0, 0.05) is 18.0 Å². The summed E-state index contributed by atoms with van der Waals surface area (Å²) in [7, 11) is 2.25. The van der Waals surface area contributed by atoms with E-state index in [1.165, 1.54) is 42.9 Å². The zero-order valence-electron chi connectivity index (χ0n) is 15.7. The molecule has 0 saturated carbocycles. The van der Waals surface area contributed by atoms with Crippen LogP contribution < -0.4 is 0 Å². The molecule has 25 heavy (non-hydrogen) atoms. The van der Waals surface area contributed by atoms with Crippen LogP contribution in [0.3, 0.4) is 0 Å². The smallest absolute Gasteiger partial charge is 0.118 e. The van der Waals surface area contributed by atoms with Crippen LogP contribution >= 0.6 is 11.8 Å². The number of aryl methyl sites for hydroxylation is 1. The Bertz CT molecular complexity index is 661. The third-order valence-corrected chi connectivity index (χ3v) is 5.76. The molecule has 3 nitrogen and oxygen atoms in total. The molecule has 1 saturated heterocycles. The lowest BCUT2D eigenvalue weighted by Crippen LogP contribution is -2.37. The number of rotatable bonds is 7. The van der Waals surface area contributed by atoms with Crippen molar-refractivity contribution >= 4 is 11.8 Å². The van der Waals surface area contributed by atoms with Gasteiger partial charge in [-0.15, -0.1) is 11.8 Å². The quantitative estimate of drug-likeness (QED) is 0.671.